The first-order valence-electron chi connectivity index (χ1n) is 10.4. The van der Waals surface area contributed by atoms with Crippen LogP contribution in [0.5, 0.6) is 0 Å². The second-order valence-corrected chi connectivity index (χ2v) is 7.74. The molecular formula is C20H32N4O3. The van der Waals surface area contributed by atoms with Crippen LogP contribution in [-0.4, -0.2) is 58.8 Å². The molecule has 0 spiro atoms. The Bertz CT molecular complexity index is 598. The molecule has 2 N–H and O–H groups in total. The van der Waals surface area contributed by atoms with Crippen LogP contribution in [0.2, 0.25) is 0 Å². The quantitative estimate of drug-likeness (QED) is 0.762. The average molecular weight is 377 g/mol. The lowest BCUT2D eigenvalue weighted by Crippen LogP contribution is -2.51. The van der Waals surface area contributed by atoms with Crippen molar-refractivity contribution >= 4 is 11.8 Å². The Hall–Kier alpha value is -1.89. The molecule has 3 rings (SSSR count). The highest BCUT2D eigenvalue weighted by molar-refractivity contribution is 5.80. The maximum Gasteiger partial charge on any atom is 0.226 e. The Balaban J connectivity index is 1.60. The fraction of sp³-hybridized carbons (Fsp3) is 0.750. The molecule has 150 valence electrons. The van der Waals surface area contributed by atoms with Gasteiger partial charge in [-0.1, -0.05) is 6.92 Å². The summed E-state index contributed by atoms with van der Waals surface area (Å²) < 4.78 is 5.99. The molecule has 1 aromatic rings. The van der Waals surface area contributed by atoms with Crippen LogP contribution in [0, 0.1) is 5.92 Å². The summed E-state index contributed by atoms with van der Waals surface area (Å²) in [5.41, 5.74) is 0.787. The van der Waals surface area contributed by atoms with Crippen LogP contribution in [0.25, 0.3) is 0 Å². The van der Waals surface area contributed by atoms with Gasteiger partial charge in [-0.05, 0) is 51.0 Å². The monoisotopic (exact) mass is 376 g/mol. The Morgan fingerprint density at radius 3 is 2.81 bits per heavy atom. The van der Waals surface area contributed by atoms with Gasteiger partial charge in [0.2, 0.25) is 11.8 Å². The van der Waals surface area contributed by atoms with Gasteiger partial charge in [-0.3, -0.25) is 14.7 Å². The molecule has 3 atom stereocenters. The minimum atomic E-state index is -0.112. The molecule has 1 saturated carbocycles. The van der Waals surface area contributed by atoms with E-state index in [2.05, 4.69) is 22.4 Å². The van der Waals surface area contributed by atoms with Crippen molar-refractivity contribution in [2.75, 3.05) is 19.7 Å². The van der Waals surface area contributed by atoms with Crippen molar-refractivity contribution in [1.29, 1.82) is 0 Å². The Morgan fingerprint density at radius 1 is 1.30 bits per heavy atom. The van der Waals surface area contributed by atoms with E-state index in [1.54, 1.807) is 12.3 Å². The van der Waals surface area contributed by atoms with E-state index < -0.39 is 0 Å². The molecule has 0 radical (unpaired) electrons. The number of nitrogens with one attached hydrogen (secondary N) is 2. The van der Waals surface area contributed by atoms with E-state index in [9.17, 15) is 9.59 Å². The average Bonchev–Trinajstić information content (AvgIpc) is 3.20. The minimum absolute atomic E-state index is 0.0120. The molecule has 7 heteroatoms. The van der Waals surface area contributed by atoms with Gasteiger partial charge in [0.25, 0.3) is 0 Å². The molecule has 2 heterocycles. The van der Waals surface area contributed by atoms with Crippen molar-refractivity contribution in [2.45, 2.75) is 70.4 Å². The van der Waals surface area contributed by atoms with Crippen molar-refractivity contribution < 1.29 is 14.3 Å². The Kier molecular flexibility index (Phi) is 7.26. The number of amides is 2. The molecule has 0 bridgehead atoms. The van der Waals surface area contributed by atoms with Crippen molar-refractivity contribution in [3.63, 3.8) is 0 Å². The number of nitrogens with zero attached hydrogens (tertiary/aromatic N) is 2. The summed E-state index contributed by atoms with van der Waals surface area (Å²) in [7, 11) is 0. The van der Waals surface area contributed by atoms with Crippen LogP contribution in [0.3, 0.4) is 0 Å². The highest BCUT2D eigenvalue weighted by atomic mass is 16.5. The van der Waals surface area contributed by atoms with Gasteiger partial charge in [0.15, 0.2) is 0 Å². The molecular weight excluding hydrogens is 344 g/mol. The molecule has 0 unspecified atom stereocenters. The third kappa shape index (κ3) is 5.54. The van der Waals surface area contributed by atoms with Crippen LogP contribution in [0.4, 0.5) is 0 Å². The predicted octanol–water partition coefficient (Wildman–Crippen LogP) is 2.04. The van der Waals surface area contributed by atoms with Gasteiger partial charge in [-0.25, -0.2) is 0 Å². The number of carbonyl (C=O) groups is 2. The van der Waals surface area contributed by atoms with Crippen molar-refractivity contribution in [2.24, 2.45) is 5.92 Å². The highest BCUT2D eigenvalue weighted by Crippen LogP contribution is 2.29. The largest absolute Gasteiger partial charge is 0.376 e. The number of likely N-dealkylation sites (tertiary alicyclic amines) is 1. The molecule has 2 aliphatic rings. The maximum absolute atomic E-state index is 12.9. The SMILES string of the molecule is CCCO[C@@H]1CC[C@H](C(=O)N2CCCCC2)C[C@H]1NC(=O)Cc1ccn[nH]1. The number of carbonyl (C=O) groups excluding carboxylic acids is 2. The normalized spacial score (nSPS) is 26.0. The van der Waals surface area contributed by atoms with Gasteiger partial charge >= 0.3 is 0 Å². The fourth-order valence-electron chi connectivity index (χ4n) is 4.17. The second kappa shape index (κ2) is 9.88. The van der Waals surface area contributed by atoms with Crippen molar-refractivity contribution in [3.05, 3.63) is 18.0 Å². The first-order chi connectivity index (χ1) is 13.2. The molecule has 0 aromatic carbocycles. The summed E-state index contributed by atoms with van der Waals surface area (Å²) in [5, 5.41) is 9.82. The van der Waals surface area contributed by atoms with E-state index in [1.807, 2.05) is 4.90 Å². The number of rotatable bonds is 7. The first kappa shape index (κ1) is 19.9. The molecule has 2 amide bonds. The summed E-state index contributed by atoms with van der Waals surface area (Å²) in [6.07, 6.45) is 8.59. The highest BCUT2D eigenvalue weighted by Gasteiger charge is 2.37. The van der Waals surface area contributed by atoms with E-state index in [1.165, 1.54) is 6.42 Å². The van der Waals surface area contributed by atoms with E-state index in [-0.39, 0.29) is 36.3 Å². The number of ether oxygens (including phenoxy) is 1. The summed E-state index contributed by atoms with van der Waals surface area (Å²) >= 11 is 0. The molecule has 1 aromatic heterocycles. The van der Waals surface area contributed by atoms with Gasteiger partial charge in [-0.2, -0.15) is 5.10 Å². The predicted molar refractivity (Wildman–Crippen MR) is 102 cm³/mol. The molecule has 1 saturated heterocycles. The number of hydrogen-bond donors (Lipinski definition) is 2. The van der Waals surface area contributed by atoms with E-state index in [0.29, 0.717) is 13.0 Å². The van der Waals surface area contributed by atoms with E-state index in [4.69, 9.17) is 4.74 Å². The maximum atomic E-state index is 12.9. The number of aromatic amines is 1. The van der Waals surface area contributed by atoms with Crippen LogP contribution < -0.4 is 5.32 Å². The van der Waals surface area contributed by atoms with Gasteiger partial charge in [0.1, 0.15) is 0 Å². The van der Waals surface area contributed by atoms with Gasteiger partial charge in [-0.15, -0.1) is 0 Å². The smallest absolute Gasteiger partial charge is 0.226 e. The van der Waals surface area contributed by atoms with Gasteiger partial charge < -0.3 is 15.0 Å². The molecule has 2 fully saturated rings. The lowest BCUT2D eigenvalue weighted by molar-refractivity contribution is -0.140. The number of hydrogen-bond acceptors (Lipinski definition) is 4. The van der Waals surface area contributed by atoms with Crippen LogP contribution in [-0.2, 0) is 20.7 Å². The minimum Gasteiger partial charge on any atom is -0.376 e. The zero-order chi connectivity index (χ0) is 19.1. The zero-order valence-corrected chi connectivity index (χ0v) is 16.3. The standard InChI is InChI=1S/C20H32N4O3/c1-2-12-27-18-7-6-15(20(26)24-10-4-3-5-11-24)13-17(18)22-19(25)14-16-8-9-21-23-16/h8-9,15,17-18H,2-7,10-14H2,1H3,(H,21,23)(H,22,25)/t15-,17+,18+/m0/s1. The summed E-state index contributed by atoms with van der Waals surface area (Å²) in [4.78, 5) is 27.4. The Labute approximate surface area is 161 Å². The zero-order valence-electron chi connectivity index (χ0n) is 16.3. The topological polar surface area (TPSA) is 87.3 Å². The lowest BCUT2D eigenvalue weighted by atomic mass is 9.82. The van der Waals surface area contributed by atoms with Gasteiger partial charge in [0, 0.05) is 37.5 Å². The Morgan fingerprint density at radius 2 is 2.11 bits per heavy atom. The third-order valence-corrected chi connectivity index (χ3v) is 5.60. The number of piperidine rings is 1. The van der Waals surface area contributed by atoms with E-state index in [0.717, 1.165) is 50.9 Å². The summed E-state index contributed by atoms with van der Waals surface area (Å²) in [6.45, 7) is 4.52. The van der Waals surface area contributed by atoms with Crippen molar-refractivity contribution in [1.82, 2.24) is 20.4 Å². The van der Waals surface area contributed by atoms with Crippen LogP contribution in [0.15, 0.2) is 12.3 Å². The van der Waals surface area contributed by atoms with E-state index >= 15 is 0 Å². The van der Waals surface area contributed by atoms with Gasteiger partial charge in [0.05, 0.1) is 18.6 Å². The van der Waals surface area contributed by atoms with Crippen LogP contribution >= 0.6 is 0 Å². The van der Waals surface area contributed by atoms with Crippen molar-refractivity contribution in [3.8, 4) is 0 Å². The molecule has 1 aliphatic heterocycles. The summed E-state index contributed by atoms with van der Waals surface area (Å²) in [5.74, 6) is 0.193. The molecule has 7 nitrogen and oxygen atoms in total. The third-order valence-electron chi connectivity index (χ3n) is 5.60. The van der Waals surface area contributed by atoms with Crippen LogP contribution in [0.1, 0.15) is 57.6 Å². The lowest BCUT2D eigenvalue weighted by Gasteiger charge is -2.38. The number of aromatic nitrogens is 2. The summed E-state index contributed by atoms with van der Waals surface area (Å²) in [6, 6.07) is 1.69. The number of H-pyrrole nitrogens is 1. The fourth-order valence-corrected chi connectivity index (χ4v) is 4.17. The second-order valence-electron chi connectivity index (χ2n) is 7.74. The molecule has 1 aliphatic carbocycles. The molecule has 27 heavy (non-hydrogen) atoms. The first-order valence-corrected chi connectivity index (χ1v) is 10.4.